The zero-order valence-corrected chi connectivity index (χ0v) is 39.9. The van der Waals surface area contributed by atoms with Gasteiger partial charge in [-0.3, -0.25) is 18.6 Å². The number of carbonyl (C=O) groups excluding carboxylic acids is 2. The number of esters is 2. The summed E-state index contributed by atoms with van der Waals surface area (Å²) < 4.78 is 34.1. The Balaban J connectivity index is 4.64. The van der Waals surface area contributed by atoms with E-state index >= 15 is 0 Å². The summed E-state index contributed by atoms with van der Waals surface area (Å²) in [6.45, 7) is 3.96. The number of ether oxygens (including phenoxy) is 2. The zero-order chi connectivity index (χ0) is 46.0. The van der Waals surface area contributed by atoms with Crippen LogP contribution in [0.15, 0.2) is 97.2 Å². The third kappa shape index (κ3) is 43.5. The van der Waals surface area contributed by atoms with Gasteiger partial charge in [0.1, 0.15) is 19.8 Å². The van der Waals surface area contributed by atoms with Gasteiger partial charge in [0.2, 0.25) is 0 Å². The number of unbranched alkanes of at least 4 members (excludes halogenated alkanes) is 8. The van der Waals surface area contributed by atoms with E-state index in [0.717, 1.165) is 64.2 Å². The van der Waals surface area contributed by atoms with Gasteiger partial charge in [-0.1, -0.05) is 150 Å². The fourth-order valence-corrected chi connectivity index (χ4v) is 6.30. The number of phosphoric ester groups is 1. The molecule has 62 heavy (non-hydrogen) atoms. The largest absolute Gasteiger partial charge is 0.472 e. The third-order valence-electron chi connectivity index (χ3n) is 9.29. The van der Waals surface area contributed by atoms with Gasteiger partial charge in [-0.2, -0.15) is 0 Å². The van der Waals surface area contributed by atoms with Crippen LogP contribution in [0.25, 0.3) is 0 Å². The monoisotopic (exact) mass is 891 g/mol. The molecule has 0 spiro atoms. The SMILES string of the molecule is CCCCC/C=C\C/C=C\C/C=C\C/C=C\CCCCCC(=O)O[C@H](COC(=O)CCC[C@@H](O)/C=C/C=C\C/C=C\C=C\[C@@H](O)CCCCC)COP(=O)(O)OCC[N+](C)(C)C. The van der Waals surface area contributed by atoms with E-state index in [9.17, 15) is 29.3 Å². The summed E-state index contributed by atoms with van der Waals surface area (Å²) in [4.78, 5) is 35.4. The number of hydrogen-bond acceptors (Lipinski definition) is 9. The van der Waals surface area contributed by atoms with Crippen molar-refractivity contribution in [3.05, 3.63) is 97.2 Å². The van der Waals surface area contributed by atoms with Crippen LogP contribution in [0.1, 0.15) is 142 Å². The second kappa shape index (κ2) is 40.6. The zero-order valence-electron chi connectivity index (χ0n) is 39.0. The molecule has 0 saturated carbocycles. The van der Waals surface area contributed by atoms with Crippen LogP contribution in [0, 0.1) is 0 Å². The van der Waals surface area contributed by atoms with Gasteiger partial charge < -0.3 is 29.1 Å². The van der Waals surface area contributed by atoms with Crippen molar-refractivity contribution in [3.63, 3.8) is 0 Å². The number of rotatable bonds is 40. The van der Waals surface area contributed by atoms with E-state index in [1.807, 2.05) is 51.5 Å². The van der Waals surface area contributed by atoms with Gasteiger partial charge >= 0.3 is 19.8 Å². The van der Waals surface area contributed by atoms with E-state index < -0.39 is 44.7 Å². The molecule has 0 fully saturated rings. The Hall–Kier alpha value is -3.15. The lowest BCUT2D eigenvalue weighted by atomic mass is 10.1. The molecular weight excluding hydrogens is 806 g/mol. The molecule has 0 aromatic carbocycles. The van der Waals surface area contributed by atoms with Crippen molar-refractivity contribution in [1.29, 1.82) is 0 Å². The third-order valence-corrected chi connectivity index (χ3v) is 10.3. The second-order valence-electron chi connectivity index (χ2n) is 16.5. The van der Waals surface area contributed by atoms with Crippen LogP contribution in [0.4, 0.5) is 0 Å². The predicted octanol–water partition coefficient (Wildman–Crippen LogP) is 11.3. The molecule has 0 aromatic heterocycles. The molecule has 12 heteroatoms. The lowest BCUT2D eigenvalue weighted by Gasteiger charge is -2.24. The highest BCUT2D eigenvalue weighted by Gasteiger charge is 2.27. The van der Waals surface area contributed by atoms with Crippen LogP contribution in [0.5, 0.6) is 0 Å². The molecule has 0 rings (SSSR count). The van der Waals surface area contributed by atoms with Crippen LogP contribution in [0.3, 0.4) is 0 Å². The van der Waals surface area contributed by atoms with E-state index in [4.69, 9.17) is 18.5 Å². The van der Waals surface area contributed by atoms with Crippen molar-refractivity contribution in [1.82, 2.24) is 0 Å². The van der Waals surface area contributed by atoms with E-state index in [1.165, 1.54) is 25.7 Å². The number of quaternary nitrogens is 1. The first-order valence-corrected chi connectivity index (χ1v) is 24.7. The van der Waals surface area contributed by atoms with Gasteiger partial charge in [0, 0.05) is 12.8 Å². The highest BCUT2D eigenvalue weighted by atomic mass is 31.2. The van der Waals surface area contributed by atoms with Crippen molar-refractivity contribution in [2.45, 2.75) is 161 Å². The molecule has 0 amide bonds. The second-order valence-corrected chi connectivity index (χ2v) is 17.9. The first-order valence-electron chi connectivity index (χ1n) is 23.2. The molecule has 1 unspecified atom stereocenters. The lowest BCUT2D eigenvalue weighted by molar-refractivity contribution is -0.870. The maximum atomic E-state index is 12.7. The van der Waals surface area contributed by atoms with Gasteiger partial charge in [-0.25, -0.2) is 4.57 Å². The van der Waals surface area contributed by atoms with Crippen LogP contribution >= 0.6 is 7.82 Å². The number of phosphoric acid groups is 1. The maximum Gasteiger partial charge on any atom is 0.472 e. The summed E-state index contributed by atoms with van der Waals surface area (Å²) in [5, 5.41) is 20.2. The molecule has 0 heterocycles. The molecule has 11 nitrogen and oxygen atoms in total. The Morgan fingerprint density at radius 1 is 0.581 bits per heavy atom. The molecule has 0 radical (unpaired) electrons. The molecule has 0 aliphatic rings. The van der Waals surface area contributed by atoms with Crippen LogP contribution in [-0.4, -0.2) is 97.3 Å². The van der Waals surface area contributed by atoms with Gasteiger partial charge in [-0.15, -0.1) is 0 Å². The van der Waals surface area contributed by atoms with Gasteiger partial charge in [0.15, 0.2) is 6.10 Å². The van der Waals surface area contributed by atoms with E-state index in [2.05, 4.69) is 62.5 Å². The smallest absolute Gasteiger partial charge is 0.462 e. The Bertz CT molecular complexity index is 1410. The van der Waals surface area contributed by atoms with Gasteiger partial charge in [0.25, 0.3) is 0 Å². The van der Waals surface area contributed by atoms with Gasteiger partial charge in [-0.05, 0) is 77.0 Å². The minimum absolute atomic E-state index is 0.0178. The average Bonchev–Trinajstić information content (AvgIpc) is 3.21. The van der Waals surface area contributed by atoms with Crippen LogP contribution < -0.4 is 0 Å². The Morgan fingerprint density at radius 3 is 1.65 bits per heavy atom. The van der Waals surface area contributed by atoms with Crippen molar-refractivity contribution in [2.75, 3.05) is 47.5 Å². The van der Waals surface area contributed by atoms with Crippen molar-refractivity contribution < 1.29 is 52.3 Å². The maximum absolute atomic E-state index is 12.7. The summed E-state index contributed by atoms with van der Waals surface area (Å²) in [7, 11) is 1.31. The predicted molar refractivity (Wildman–Crippen MR) is 254 cm³/mol. The van der Waals surface area contributed by atoms with Crippen molar-refractivity contribution >= 4 is 19.8 Å². The van der Waals surface area contributed by atoms with E-state index in [0.29, 0.717) is 36.7 Å². The fraction of sp³-hybridized carbons (Fsp3) is 0.640. The minimum atomic E-state index is -4.45. The van der Waals surface area contributed by atoms with E-state index in [1.54, 1.807) is 18.2 Å². The number of nitrogens with zero attached hydrogens (tertiary/aromatic N) is 1. The summed E-state index contributed by atoms with van der Waals surface area (Å²) in [6, 6.07) is 0. The molecule has 0 aliphatic heterocycles. The average molecular weight is 891 g/mol. The molecule has 0 aliphatic carbocycles. The molecule has 354 valence electrons. The van der Waals surface area contributed by atoms with Crippen LogP contribution in [0.2, 0.25) is 0 Å². The van der Waals surface area contributed by atoms with Gasteiger partial charge in [0.05, 0.1) is 40.0 Å². The number of allylic oxidation sites excluding steroid dienone is 14. The summed E-state index contributed by atoms with van der Waals surface area (Å²) >= 11 is 0. The quantitative estimate of drug-likeness (QED) is 0.0136. The normalized spacial score (nSPS) is 15.4. The highest BCUT2D eigenvalue weighted by Crippen LogP contribution is 2.43. The first-order chi connectivity index (χ1) is 29.8. The van der Waals surface area contributed by atoms with E-state index in [-0.39, 0.29) is 26.1 Å². The molecule has 3 N–H and O–H groups in total. The number of aliphatic hydroxyl groups is 2. The highest BCUT2D eigenvalue weighted by molar-refractivity contribution is 7.47. The Labute approximate surface area is 376 Å². The summed E-state index contributed by atoms with van der Waals surface area (Å²) in [5.74, 6) is -1.07. The first kappa shape index (κ1) is 58.9. The molecular formula is C50H85NO10P+. The standard InChI is InChI=1S/C50H84NO10P/c1-6-8-10-11-12-13-14-15-16-17-18-19-20-21-22-23-27-30-34-40-50(55)61-48(45-60-62(56,57)59-43-42-51(3,4)5)44-58-49(54)41-35-39-47(53)38-33-29-26-24-25-28-32-37-46(52)36-31-9-7-2/h12-13,15-16,18-19,21-22,25-26,28-29,32-33,37-38,46-48,52-53H,6-11,14,17,20,23-24,27,30-31,34-36,39-45H2,1-5H3/p+1/b13-12-,16-15-,19-18-,22-21-,28-25-,29-26-,37-32+,38-33+/t46-,47-,48+/m0/s1. The molecule has 4 atom stereocenters. The number of aliphatic hydroxyl groups excluding tert-OH is 2. The lowest BCUT2D eigenvalue weighted by Crippen LogP contribution is -2.37. The molecule has 0 saturated heterocycles. The fourth-order valence-electron chi connectivity index (χ4n) is 5.56. The number of carbonyl (C=O) groups is 2. The van der Waals surface area contributed by atoms with Crippen molar-refractivity contribution in [3.8, 4) is 0 Å². The topological polar surface area (TPSA) is 149 Å². The number of likely N-dealkylation sites (N-methyl/N-ethyl adjacent to an activating group) is 1. The van der Waals surface area contributed by atoms with Crippen LogP contribution in [-0.2, 0) is 32.7 Å². The Kier molecular flexibility index (Phi) is 38.5. The summed E-state index contributed by atoms with van der Waals surface area (Å²) in [6.07, 6.45) is 46.7. The summed E-state index contributed by atoms with van der Waals surface area (Å²) in [5.41, 5.74) is 0. The van der Waals surface area contributed by atoms with Crippen molar-refractivity contribution in [2.24, 2.45) is 0 Å². The Morgan fingerprint density at radius 2 is 1.08 bits per heavy atom. The minimum Gasteiger partial charge on any atom is -0.462 e. The number of hydrogen-bond donors (Lipinski definition) is 3. The molecule has 0 aromatic rings. The molecule has 0 bridgehead atoms.